The van der Waals surface area contributed by atoms with Gasteiger partial charge in [0.25, 0.3) is 0 Å². The van der Waals surface area contributed by atoms with Crippen LogP contribution in [0.15, 0.2) is 42.5 Å². The Labute approximate surface area is 185 Å². The molecule has 10 heteroatoms. The summed E-state index contributed by atoms with van der Waals surface area (Å²) in [7, 11) is 0. The SMILES string of the molecule is O=C(C=C(c1cc(Cl)cc(Cl)c1)C(F)(F)F)c1ccc(Cl)c(NNC(=O)C2CC2)c1. The highest BCUT2D eigenvalue weighted by Crippen LogP contribution is 2.37. The fourth-order valence-electron chi connectivity index (χ4n) is 2.60. The largest absolute Gasteiger partial charge is 0.417 e. The van der Waals surface area contributed by atoms with E-state index in [9.17, 15) is 22.8 Å². The molecule has 0 aliphatic heterocycles. The molecule has 158 valence electrons. The summed E-state index contributed by atoms with van der Waals surface area (Å²) in [5, 5.41) is 0.193. The van der Waals surface area contributed by atoms with Gasteiger partial charge in [-0.05, 0) is 60.9 Å². The minimum Gasteiger partial charge on any atom is -0.297 e. The highest BCUT2D eigenvalue weighted by molar-refractivity contribution is 6.35. The first-order chi connectivity index (χ1) is 14.0. The predicted octanol–water partition coefficient (Wildman–Crippen LogP) is 6.33. The highest BCUT2D eigenvalue weighted by Gasteiger charge is 2.36. The van der Waals surface area contributed by atoms with Crippen LogP contribution in [0.1, 0.15) is 28.8 Å². The third-order valence-corrected chi connectivity index (χ3v) is 5.04. The van der Waals surface area contributed by atoms with Gasteiger partial charge in [-0.1, -0.05) is 34.8 Å². The molecule has 2 N–H and O–H groups in total. The molecule has 1 amide bonds. The van der Waals surface area contributed by atoms with Crippen LogP contribution in [-0.2, 0) is 4.79 Å². The molecule has 2 aromatic carbocycles. The van der Waals surface area contributed by atoms with Crippen molar-refractivity contribution in [3.8, 4) is 0 Å². The summed E-state index contributed by atoms with van der Waals surface area (Å²) in [6, 6.07) is 7.32. The molecule has 1 aliphatic carbocycles. The summed E-state index contributed by atoms with van der Waals surface area (Å²) in [6.07, 6.45) is -2.77. The lowest BCUT2D eigenvalue weighted by molar-refractivity contribution is -0.121. The van der Waals surface area contributed by atoms with Crippen LogP contribution in [-0.4, -0.2) is 17.9 Å². The zero-order chi connectivity index (χ0) is 22.1. The number of halogens is 6. The molecule has 0 radical (unpaired) electrons. The topological polar surface area (TPSA) is 58.2 Å². The van der Waals surface area contributed by atoms with E-state index in [1.165, 1.54) is 24.3 Å². The Kier molecular flexibility index (Phi) is 6.65. The van der Waals surface area contributed by atoms with E-state index in [-0.39, 0.29) is 43.7 Å². The van der Waals surface area contributed by atoms with Crippen molar-refractivity contribution in [3.63, 3.8) is 0 Å². The van der Waals surface area contributed by atoms with Gasteiger partial charge in [0, 0.05) is 21.5 Å². The smallest absolute Gasteiger partial charge is 0.297 e. The Bertz CT molecular complexity index is 1010. The quantitative estimate of drug-likeness (QED) is 0.290. The van der Waals surface area contributed by atoms with Crippen molar-refractivity contribution >= 4 is 57.8 Å². The lowest BCUT2D eigenvalue weighted by Crippen LogP contribution is -2.30. The highest BCUT2D eigenvalue weighted by atomic mass is 35.5. The summed E-state index contributed by atoms with van der Waals surface area (Å²) in [5.74, 6) is -1.20. The van der Waals surface area contributed by atoms with Gasteiger partial charge < -0.3 is 0 Å². The van der Waals surface area contributed by atoms with Crippen LogP contribution in [0.3, 0.4) is 0 Å². The van der Waals surface area contributed by atoms with E-state index in [0.29, 0.717) is 6.08 Å². The normalized spacial score (nSPS) is 14.4. The first kappa shape index (κ1) is 22.5. The second-order valence-electron chi connectivity index (χ2n) is 6.66. The van der Waals surface area contributed by atoms with Gasteiger partial charge in [0.2, 0.25) is 5.91 Å². The Morgan fingerprint density at radius 2 is 1.60 bits per heavy atom. The standard InChI is InChI=1S/C20H14Cl3F3N2O2/c21-13-5-12(6-14(22)8-13)15(20(24,25)26)9-18(29)11-3-4-16(23)17(7-11)27-28-19(30)10-1-2-10/h3-10,27H,1-2H2,(H,28,30). The molecule has 0 heterocycles. The Balaban J connectivity index is 1.90. The van der Waals surface area contributed by atoms with Crippen LogP contribution in [0.4, 0.5) is 18.9 Å². The maximum Gasteiger partial charge on any atom is 0.417 e. The zero-order valence-corrected chi connectivity index (χ0v) is 17.4. The van der Waals surface area contributed by atoms with Gasteiger partial charge in [-0.3, -0.25) is 20.4 Å². The van der Waals surface area contributed by atoms with Crippen molar-refractivity contribution in [2.24, 2.45) is 5.92 Å². The van der Waals surface area contributed by atoms with E-state index in [1.807, 2.05) is 0 Å². The Morgan fingerprint density at radius 1 is 0.967 bits per heavy atom. The van der Waals surface area contributed by atoms with E-state index in [2.05, 4.69) is 10.9 Å². The third-order valence-electron chi connectivity index (χ3n) is 4.27. The number of carbonyl (C=O) groups is 2. The average molecular weight is 478 g/mol. The minimum atomic E-state index is -4.82. The maximum atomic E-state index is 13.6. The van der Waals surface area contributed by atoms with Crippen molar-refractivity contribution in [3.05, 3.63) is 68.7 Å². The summed E-state index contributed by atoms with van der Waals surface area (Å²) in [5.41, 5.74) is 3.66. The molecular weight excluding hydrogens is 464 g/mol. The van der Waals surface area contributed by atoms with Crippen molar-refractivity contribution in [1.29, 1.82) is 0 Å². The summed E-state index contributed by atoms with van der Waals surface area (Å²) in [6.45, 7) is 0. The van der Waals surface area contributed by atoms with Crippen LogP contribution in [0.25, 0.3) is 5.57 Å². The molecule has 0 atom stereocenters. The molecular formula is C20H14Cl3F3N2O2. The summed E-state index contributed by atoms with van der Waals surface area (Å²) < 4.78 is 40.8. The lowest BCUT2D eigenvalue weighted by atomic mass is 10.0. The molecule has 4 nitrogen and oxygen atoms in total. The summed E-state index contributed by atoms with van der Waals surface area (Å²) in [4.78, 5) is 24.3. The van der Waals surface area contributed by atoms with Gasteiger partial charge in [-0.15, -0.1) is 0 Å². The number of hydrazine groups is 1. The average Bonchev–Trinajstić information content (AvgIpc) is 3.48. The zero-order valence-electron chi connectivity index (χ0n) is 15.1. The predicted molar refractivity (Wildman–Crippen MR) is 111 cm³/mol. The van der Waals surface area contributed by atoms with Crippen molar-refractivity contribution in [1.82, 2.24) is 5.43 Å². The first-order valence-electron chi connectivity index (χ1n) is 8.69. The molecule has 0 unspecified atom stereocenters. The van der Waals surface area contributed by atoms with Gasteiger partial charge in [0.15, 0.2) is 5.78 Å². The monoisotopic (exact) mass is 476 g/mol. The Hall–Kier alpha value is -2.22. The number of hydrogen-bond donors (Lipinski definition) is 2. The van der Waals surface area contributed by atoms with Crippen molar-refractivity contribution in [2.45, 2.75) is 19.0 Å². The van der Waals surface area contributed by atoms with Gasteiger partial charge in [0.1, 0.15) is 0 Å². The minimum absolute atomic E-state index is 0.00415. The number of rotatable bonds is 6. The third kappa shape index (κ3) is 5.68. The number of allylic oxidation sites excluding steroid dienone is 2. The van der Waals surface area contributed by atoms with Gasteiger partial charge >= 0.3 is 6.18 Å². The number of carbonyl (C=O) groups excluding carboxylic acids is 2. The number of benzene rings is 2. The molecule has 1 saturated carbocycles. The van der Waals surface area contributed by atoms with Crippen LogP contribution >= 0.6 is 34.8 Å². The van der Waals surface area contributed by atoms with Gasteiger partial charge in [0.05, 0.1) is 16.3 Å². The molecule has 3 rings (SSSR count). The lowest BCUT2D eigenvalue weighted by Gasteiger charge is -2.13. The molecule has 1 fully saturated rings. The van der Waals surface area contributed by atoms with Crippen molar-refractivity contribution in [2.75, 3.05) is 5.43 Å². The van der Waals surface area contributed by atoms with Crippen LogP contribution < -0.4 is 10.9 Å². The molecule has 30 heavy (non-hydrogen) atoms. The fraction of sp³-hybridized carbons (Fsp3) is 0.200. The molecule has 0 saturated heterocycles. The molecule has 0 spiro atoms. The van der Waals surface area contributed by atoms with E-state index in [1.54, 1.807) is 0 Å². The fourth-order valence-corrected chi connectivity index (χ4v) is 3.29. The van der Waals surface area contributed by atoms with Crippen LogP contribution in [0.2, 0.25) is 15.1 Å². The number of hydrogen-bond acceptors (Lipinski definition) is 3. The van der Waals surface area contributed by atoms with Crippen molar-refractivity contribution < 1.29 is 22.8 Å². The number of anilines is 1. The number of nitrogens with one attached hydrogen (secondary N) is 2. The van der Waals surface area contributed by atoms with Crippen LogP contribution in [0, 0.1) is 5.92 Å². The van der Waals surface area contributed by atoms with E-state index >= 15 is 0 Å². The second-order valence-corrected chi connectivity index (χ2v) is 7.94. The van der Waals surface area contributed by atoms with E-state index in [0.717, 1.165) is 25.0 Å². The number of alkyl halides is 3. The van der Waals surface area contributed by atoms with E-state index < -0.39 is 17.5 Å². The van der Waals surface area contributed by atoms with Crippen LogP contribution in [0.5, 0.6) is 0 Å². The molecule has 2 aromatic rings. The summed E-state index contributed by atoms with van der Waals surface area (Å²) >= 11 is 17.6. The molecule has 0 bridgehead atoms. The number of ketones is 1. The Morgan fingerprint density at radius 3 is 2.17 bits per heavy atom. The molecule has 1 aliphatic rings. The van der Waals surface area contributed by atoms with Gasteiger partial charge in [-0.2, -0.15) is 13.2 Å². The first-order valence-corrected chi connectivity index (χ1v) is 9.83. The second kappa shape index (κ2) is 8.88. The molecule has 0 aromatic heterocycles. The van der Waals surface area contributed by atoms with E-state index in [4.69, 9.17) is 34.8 Å². The maximum absolute atomic E-state index is 13.6. The number of amides is 1. The van der Waals surface area contributed by atoms with Gasteiger partial charge in [-0.25, -0.2) is 0 Å².